The van der Waals surface area contributed by atoms with Crippen LogP contribution in [0.1, 0.15) is 28.3 Å². The SMILES string of the molecule is COc1ccc(CC(=O)N(Cc2ccc(Cl)cc2)[C@@H](C(=O)NCc2ccc(Cl)cc2)c2ccccc2)cc1OC. The number of rotatable bonds is 11. The van der Waals surface area contributed by atoms with Gasteiger partial charge in [0.2, 0.25) is 11.8 Å². The van der Waals surface area contributed by atoms with Gasteiger partial charge in [-0.3, -0.25) is 9.59 Å². The number of ether oxygens (including phenoxy) is 2. The first-order valence-corrected chi connectivity index (χ1v) is 13.5. The van der Waals surface area contributed by atoms with E-state index in [0.717, 1.165) is 16.7 Å². The molecule has 2 amide bonds. The zero-order chi connectivity index (χ0) is 28.5. The summed E-state index contributed by atoms with van der Waals surface area (Å²) in [7, 11) is 3.11. The van der Waals surface area contributed by atoms with Gasteiger partial charge in [0, 0.05) is 23.1 Å². The lowest BCUT2D eigenvalue weighted by Crippen LogP contribution is -2.43. The number of carbonyl (C=O) groups is 2. The number of methoxy groups -OCH3 is 2. The summed E-state index contributed by atoms with van der Waals surface area (Å²) in [4.78, 5) is 29.4. The molecule has 0 fully saturated rings. The molecular weight excluding hydrogens is 547 g/mol. The first-order chi connectivity index (χ1) is 19.4. The van der Waals surface area contributed by atoms with Crippen LogP contribution in [0.5, 0.6) is 11.5 Å². The molecule has 0 saturated carbocycles. The van der Waals surface area contributed by atoms with Gasteiger partial charge in [-0.1, -0.05) is 83.9 Å². The molecule has 0 heterocycles. The second-order valence-electron chi connectivity index (χ2n) is 9.17. The third-order valence-corrected chi connectivity index (χ3v) is 6.95. The van der Waals surface area contributed by atoms with E-state index >= 15 is 0 Å². The molecule has 4 rings (SSSR count). The van der Waals surface area contributed by atoms with Gasteiger partial charge in [0.15, 0.2) is 11.5 Å². The summed E-state index contributed by atoms with van der Waals surface area (Å²) < 4.78 is 10.8. The van der Waals surface area contributed by atoms with Crippen LogP contribution in [0.3, 0.4) is 0 Å². The van der Waals surface area contributed by atoms with Crippen LogP contribution in [0, 0.1) is 0 Å². The number of nitrogens with zero attached hydrogens (tertiary/aromatic N) is 1. The maximum atomic E-state index is 14.0. The number of carbonyl (C=O) groups excluding carboxylic acids is 2. The largest absolute Gasteiger partial charge is 0.493 e. The minimum Gasteiger partial charge on any atom is -0.493 e. The quantitative estimate of drug-likeness (QED) is 0.217. The second-order valence-corrected chi connectivity index (χ2v) is 10.0. The number of hydrogen-bond acceptors (Lipinski definition) is 4. The smallest absolute Gasteiger partial charge is 0.247 e. The molecular formula is C32H30Cl2N2O4. The zero-order valence-corrected chi connectivity index (χ0v) is 23.8. The molecule has 0 spiro atoms. The van der Waals surface area contributed by atoms with Crippen molar-refractivity contribution in [3.8, 4) is 11.5 Å². The molecule has 1 N–H and O–H groups in total. The van der Waals surface area contributed by atoms with Crippen molar-refractivity contribution in [2.24, 2.45) is 0 Å². The molecule has 0 unspecified atom stereocenters. The summed E-state index contributed by atoms with van der Waals surface area (Å²) in [6.45, 7) is 0.495. The van der Waals surface area contributed by atoms with Gasteiger partial charge in [0.05, 0.1) is 20.6 Å². The molecule has 1 atom stereocenters. The molecule has 0 bridgehead atoms. The Morgan fingerprint density at radius 1 is 0.750 bits per heavy atom. The molecule has 0 aliphatic rings. The Balaban J connectivity index is 1.68. The van der Waals surface area contributed by atoms with E-state index in [1.165, 1.54) is 0 Å². The normalized spacial score (nSPS) is 11.4. The summed E-state index contributed by atoms with van der Waals surface area (Å²) >= 11 is 12.1. The van der Waals surface area contributed by atoms with E-state index in [1.807, 2.05) is 60.7 Å². The van der Waals surface area contributed by atoms with E-state index in [0.29, 0.717) is 27.1 Å². The zero-order valence-electron chi connectivity index (χ0n) is 22.3. The van der Waals surface area contributed by atoms with E-state index in [9.17, 15) is 9.59 Å². The van der Waals surface area contributed by atoms with Gasteiger partial charge >= 0.3 is 0 Å². The maximum Gasteiger partial charge on any atom is 0.247 e. The summed E-state index contributed by atoms with van der Waals surface area (Å²) in [5.41, 5.74) is 3.17. The first-order valence-electron chi connectivity index (χ1n) is 12.7. The molecule has 4 aromatic rings. The van der Waals surface area contributed by atoms with Crippen molar-refractivity contribution in [3.05, 3.63) is 129 Å². The fourth-order valence-corrected chi connectivity index (χ4v) is 4.63. The van der Waals surface area contributed by atoms with E-state index in [4.69, 9.17) is 32.7 Å². The van der Waals surface area contributed by atoms with Crippen molar-refractivity contribution in [2.75, 3.05) is 14.2 Å². The van der Waals surface area contributed by atoms with E-state index in [1.54, 1.807) is 55.5 Å². The molecule has 6 nitrogen and oxygen atoms in total. The molecule has 4 aromatic carbocycles. The van der Waals surface area contributed by atoms with Crippen molar-refractivity contribution in [1.29, 1.82) is 0 Å². The monoisotopic (exact) mass is 576 g/mol. The minimum atomic E-state index is -0.878. The molecule has 40 heavy (non-hydrogen) atoms. The number of benzene rings is 4. The Hall–Kier alpha value is -4.00. The van der Waals surface area contributed by atoms with Gasteiger partial charge in [-0.25, -0.2) is 0 Å². The number of hydrogen-bond donors (Lipinski definition) is 1. The Morgan fingerprint density at radius 2 is 1.32 bits per heavy atom. The van der Waals surface area contributed by atoms with Gasteiger partial charge in [-0.15, -0.1) is 0 Å². The number of halogens is 2. The van der Waals surface area contributed by atoms with Crippen LogP contribution in [-0.4, -0.2) is 30.9 Å². The first kappa shape index (κ1) is 29.0. The molecule has 206 valence electrons. The molecule has 0 radical (unpaired) electrons. The van der Waals surface area contributed by atoms with Crippen molar-refractivity contribution in [1.82, 2.24) is 10.2 Å². The summed E-state index contributed by atoms with van der Waals surface area (Å²) in [5, 5.41) is 4.22. The van der Waals surface area contributed by atoms with Crippen molar-refractivity contribution in [2.45, 2.75) is 25.6 Å². The van der Waals surface area contributed by atoms with Crippen molar-refractivity contribution >= 4 is 35.0 Å². The maximum absolute atomic E-state index is 14.0. The van der Waals surface area contributed by atoms with Gasteiger partial charge in [0.1, 0.15) is 6.04 Å². The van der Waals surface area contributed by atoms with Crippen molar-refractivity contribution in [3.63, 3.8) is 0 Å². The van der Waals surface area contributed by atoms with Crippen LogP contribution in [-0.2, 0) is 29.1 Å². The third-order valence-electron chi connectivity index (χ3n) is 6.45. The average Bonchev–Trinajstić information content (AvgIpc) is 2.98. The lowest BCUT2D eigenvalue weighted by molar-refractivity contribution is -0.141. The highest BCUT2D eigenvalue weighted by molar-refractivity contribution is 6.30. The molecule has 0 aliphatic carbocycles. The van der Waals surface area contributed by atoms with E-state index in [-0.39, 0.29) is 31.3 Å². The number of nitrogens with one attached hydrogen (secondary N) is 1. The summed E-state index contributed by atoms with van der Waals surface area (Å²) in [5.74, 6) is 0.575. The highest BCUT2D eigenvalue weighted by atomic mass is 35.5. The molecule has 0 saturated heterocycles. The van der Waals surface area contributed by atoms with Crippen LogP contribution in [0.4, 0.5) is 0 Å². The fourth-order valence-electron chi connectivity index (χ4n) is 4.37. The van der Waals surface area contributed by atoms with Crippen LogP contribution in [0.15, 0.2) is 97.1 Å². The van der Waals surface area contributed by atoms with Gasteiger partial charge in [-0.05, 0) is 58.7 Å². The molecule has 0 aromatic heterocycles. The van der Waals surface area contributed by atoms with Gasteiger partial charge in [-0.2, -0.15) is 0 Å². The summed E-state index contributed by atoms with van der Waals surface area (Å²) in [6, 6.07) is 28.3. The van der Waals surface area contributed by atoms with Crippen LogP contribution in [0.25, 0.3) is 0 Å². The Labute approximate surface area is 244 Å². The lowest BCUT2D eigenvalue weighted by atomic mass is 10.0. The standard InChI is InChI=1S/C32H30Cl2N2O4/c1-39-28-17-12-24(18-29(28)40-2)19-30(37)36(21-23-10-15-27(34)16-11-23)31(25-6-4-3-5-7-25)32(38)35-20-22-8-13-26(33)14-9-22/h3-18,31H,19-21H2,1-2H3,(H,35,38)/t31-/m1/s1. The fraction of sp³-hybridized carbons (Fsp3) is 0.188. The second kappa shape index (κ2) is 13.9. The van der Waals surface area contributed by atoms with Gasteiger partial charge < -0.3 is 19.7 Å². The van der Waals surface area contributed by atoms with Crippen molar-refractivity contribution < 1.29 is 19.1 Å². The Morgan fingerprint density at radius 3 is 1.93 bits per heavy atom. The van der Waals surface area contributed by atoms with Crippen LogP contribution < -0.4 is 14.8 Å². The van der Waals surface area contributed by atoms with Crippen LogP contribution in [0.2, 0.25) is 10.0 Å². The topological polar surface area (TPSA) is 67.9 Å². The highest BCUT2D eigenvalue weighted by Crippen LogP contribution is 2.30. The van der Waals surface area contributed by atoms with Crippen LogP contribution >= 0.6 is 23.2 Å². The Bertz CT molecular complexity index is 1430. The lowest BCUT2D eigenvalue weighted by Gasteiger charge is -2.32. The minimum absolute atomic E-state index is 0.0573. The molecule has 0 aliphatic heterocycles. The average molecular weight is 578 g/mol. The number of amides is 2. The third kappa shape index (κ3) is 7.56. The molecule has 8 heteroatoms. The van der Waals surface area contributed by atoms with E-state index in [2.05, 4.69) is 5.32 Å². The summed E-state index contributed by atoms with van der Waals surface area (Å²) in [6.07, 6.45) is 0.0573. The van der Waals surface area contributed by atoms with E-state index < -0.39 is 6.04 Å². The predicted molar refractivity (Wildman–Crippen MR) is 158 cm³/mol. The Kier molecular flexibility index (Phi) is 10.1. The predicted octanol–water partition coefficient (Wildman–Crippen LogP) is 6.64. The highest BCUT2D eigenvalue weighted by Gasteiger charge is 2.31. The van der Waals surface area contributed by atoms with Gasteiger partial charge in [0.25, 0.3) is 0 Å².